The number of likely N-dealkylation sites (tertiary alicyclic amines) is 1. The second-order valence-corrected chi connectivity index (χ2v) is 6.17. The molecular weight excluding hydrogens is 292 g/mol. The van der Waals surface area contributed by atoms with Crippen LogP contribution >= 0.6 is 0 Å². The highest BCUT2D eigenvalue weighted by atomic mass is 16.5. The van der Waals surface area contributed by atoms with Crippen molar-refractivity contribution in [3.8, 4) is 0 Å². The molecule has 0 radical (unpaired) electrons. The molecule has 3 heterocycles. The minimum atomic E-state index is 0.0459. The lowest BCUT2D eigenvalue weighted by Gasteiger charge is -2.32. The molecule has 1 saturated heterocycles. The number of aryl methyl sites for hydroxylation is 3. The van der Waals surface area contributed by atoms with E-state index in [1.54, 1.807) is 4.68 Å². The Balaban J connectivity index is 1.91. The van der Waals surface area contributed by atoms with E-state index in [0.717, 1.165) is 41.8 Å². The number of aromatic nitrogens is 3. The number of pyridine rings is 1. The topological polar surface area (TPSA) is 60.2 Å². The molecule has 0 N–H and O–H groups in total. The Morgan fingerprint density at radius 2 is 2.17 bits per heavy atom. The maximum atomic E-state index is 12.9. The van der Waals surface area contributed by atoms with Crippen molar-refractivity contribution in [3.63, 3.8) is 0 Å². The number of nitrogens with zero attached hydrogens (tertiary/aromatic N) is 4. The van der Waals surface area contributed by atoms with Crippen LogP contribution in [0, 0.1) is 13.8 Å². The molecule has 2 aromatic rings. The van der Waals surface area contributed by atoms with Crippen LogP contribution in [0.4, 0.5) is 0 Å². The van der Waals surface area contributed by atoms with Crippen LogP contribution in [0.3, 0.4) is 0 Å². The van der Waals surface area contributed by atoms with Gasteiger partial charge in [-0.2, -0.15) is 5.10 Å². The molecule has 0 aliphatic carbocycles. The number of amides is 1. The zero-order valence-electron chi connectivity index (χ0n) is 14.3. The number of hydrogen-bond acceptors (Lipinski definition) is 4. The fourth-order valence-corrected chi connectivity index (χ4v) is 3.31. The van der Waals surface area contributed by atoms with E-state index in [1.165, 1.54) is 0 Å². The zero-order chi connectivity index (χ0) is 16.6. The van der Waals surface area contributed by atoms with Gasteiger partial charge in [-0.15, -0.1) is 0 Å². The molecule has 6 nitrogen and oxygen atoms in total. The molecule has 1 aliphatic heterocycles. The van der Waals surface area contributed by atoms with Gasteiger partial charge in [-0.3, -0.25) is 9.48 Å². The van der Waals surface area contributed by atoms with Crippen molar-refractivity contribution >= 4 is 16.9 Å². The number of carbonyl (C=O) groups excluding carboxylic acids is 1. The second kappa shape index (κ2) is 6.28. The van der Waals surface area contributed by atoms with Gasteiger partial charge in [0, 0.05) is 32.1 Å². The highest BCUT2D eigenvalue weighted by Gasteiger charge is 2.26. The molecule has 0 saturated carbocycles. The lowest BCUT2D eigenvalue weighted by Crippen LogP contribution is -2.43. The van der Waals surface area contributed by atoms with E-state index in [9.17, 15) is 4.79 Å². The Morgan fingerprint density at radius 3 is 2.91 bits per heavy atom. The van der Waals surface area contributed by atoms with E-state index in [2.05, 4.69) is 10.1 Å². The van der Waals surface area contributed by atoms with Crippen molar-refractivity contribution in [2.45, 2.75) is 39.7 Å². The van der Waals surface area contributed by atoms with E-state index < -0.39 is 0 Å². The summed E-state index contributed by atoms with van der Waals surface area (Å²) in [6.07, 6.45) is 2.15. The Bertz CT molecular complexity index is 736. The first-order valence-electron chi connectivity index (χ1n) is 8.23. The third kappa shape index (κ3) is 2.95. The SMILES string of the molecule is CCO[C@H]1CCCN(C(=O)c2cc3c(C)nn(C)c3nc2C)C1. The summed E-state index contributed by atoms with van der Waals surface area (Å²) >= 11 is 0. The molecular formula is C17H24N4O2. The van der Waals surface area contributed by atoms with Crippen LogP contribution in [-0.2, 0) is 11.8 Å². The summed E-state index contributed by atoms with van der Waals surface area (Å²) in [5, 5.41) is 5.33. The number of rotatable bonds is 3. The predicted molar refractivity (Wildman–Crippen MR) is 88.5 cm³/mol. The maximum Gasteiger partial charge on any atom is 0.255 e. The molecule has 124 valence electrons. The van der Waals surface area contributed by atoms with Crippen molar-refractivity contribution in [3.05, 3.63) is 23.0 Å². The van der Waals surface area contributed by atoms with Crippen molar-refractivity contribution in [2.75, 3.05) is 19.7 Å². The van der Waals surface area contributed by atoms with E-state index in [1.807, 2.05) is 38.8 Å². The number of ether oxygens (including phenoxy) is 1. The summed E-state index contributed by atoms with van der Waals surface area (Å²) in [7, 11) is 1.88. The Labute approximate surface area is 136 Å². The van der Waals surface area contributed by atoms with Crippen LogP contribution in [0.25, 0.3) is 11.0 Å². The molecule has 0 unspecified atom stereocenters. The van der Waals surface area contributed by atoms with Gasteiger partial charge < -0.3 is 9.64 Å². The summed E-state index contributed by atoms with van der Waals surface area (Å²) in [5.41, 5.74) is 3.15. The van der Waals surface area contributed by atoms with Gasteiger partial charge in [-0.1, -0.05) is 0 Å². The van der Waals surface area contributed by atoms with Gasteiger partial charge in [-0.05, 0) is 39.7 Å². The predicted octanol–water partition coefficient (Wildman–Crippen LogP) is 2.23. The molecule has 0 aromatic carbocycles. The van der Waals surface area contributed by atoms with Crippen LogP contribution in [0.1, 0.15) is 41.5 Å². The number of fused-ring (bicyclic) bond motifs is 1. The molecule has 1 amide bonds. The summed E-state index contributed by atoms with van der Waals surface area (Å²) in [4.78, 5) is 19.4. The summed E-state index contributed by atoms with van der Waals surface area (Å²) in [6, 6.07) is 1.94. The molecule has 1 aliphatic rings. The fourth-order valence-electron chi connectivity index (χ4n) is 3.31. The molecule has 2 aromatic heterocycles. The monoisotopic (exact) mass is 316 g/mol. The quantitative estimate of drug-likeness (QED) is 0.871. The molecule has 1 atom stereocenters. The van der Waals surface area contributed by atoms with Gasteiger partial charge in [0.05, 0.1) is 23.1 Å². The third-order valence-electron chi connectivity index (χ3n) is 4.49. The number of piperidine rings is 1. The van der Waals surface area contributed by atoms with E-state index >= 15 is 0 Å². The highest BCUT2D eigenvalue weighted by molar-refractivity contribution is 5.98. The van der Waals surface area contributed by atoms with Gasteiger partial charge in [0.25, 0.3) is 5.91 Å². The first kappa shape index (κ1) is 15.9. The normalized spacial score (nSPS) is 18.6. The van der Waals surface area contributed by atoms with Gasteiger partial charge in [0.1, 0.15) is 0 Å². The van der Waals surface area contributed by atoms with E-state index in [0.29, 0.717) is 18.7 Å². The Hall–Kier alpha value is -1.95. The van der Waals surface area contributed by atoms with Gasteiger partial charge in [0.2, 0.25) is 0 Å². The lowest BCUT2D eigenvalue weighted by atomic mass is 10.1. The molecule has 6 heteroatoms. The lowest BCUT2D eigenvalue weighted by molar-refractivity contribution is 0.00720. The Kier molecular flexibility index (Phi) is 4.35. The van der Waals surface area contributed by atoms with Crippen molar-refractivity contribution in [1.29, 1.82) is 0 Å². The maximum absolute atomic E-state index is 12.9. The molecule has 23 heavy (non-hydrogen) atoms. The van der Waals surface area contributed by atoms with Crippen molar-refractivity contribution in [2.24, 2.45) is 7.05 Å². The standard InChI is InChI=1S/C17H24N4O2/c1-5-23-13-7-6-8-21(10-13)17(22)15-9-14-12(3)19-20(4)16(14)18-11(15)2/h9,13H,5-8,10H2,1-4H3/t13-/m0/s1. The van der Waals surface area contributed by atoms with Crippen LogP contribution in [0.2, 0.25) is 0 Å². The highest BCUT2D eigenvalue weighted by Crippen LogP contribution is 2.22. The number of carbonyl (C=O) groups is 1. The molecule has 1 fully saturated rings. The van der Waals surface area contributed by atoms with E-state index in [-0.39, 0.29) is 12.0 Å². The van der Waals surface area contributed by atoms with Crippen LogP contribution in [-0.4, -0.2) is 51.4 Å². The largest absolute Gasteiger partial charge is 0.377 e. The molecule has 0 spiro atoms. The third-order valence-corrected chi connectivity index (χ3v) is 4.49. The number of hydrogen-bond donors (Lipinski definition) is 0. The zero-order valence-corrected chi connectivity index (χ0v) is 14.3. The van der Waals surface area contributed by atoms with Crippen LogP contribution < -0.4 is 0 Å². The second-order valence-electron chi connectivity index (χ2n) is 6.17. The average molecular weight is 316 g/mol. The summed E-state index contributed by atoms with van der Waals surface area (Å²) < 4.78 is 7.46. The minimum absolute atomic E-state index is 0.0459. The van der Waals surface area contributed by atoms with Crippen LogP contribution in [0.15, 0.2) is 6.07 Å². The van der Waals surface area contributed by atoms with Gasteiger partial charge >= 0.3 is 0 Å². The van der Waals surface area contributed by atoms with Crippen molar-refractivity contribution < 1.29 is 9.53 Å². The average Bonchev–Trinajstić information content (AvgIpc) is 2.80. The molecule has 3 rings (SSSR count). The van der Waals surface area contributed by atoms with Gasteiger partial charge in [-0.25, -0.2) is 4.98 Å². The van der Waals surface area contributed by atoms with Crippen LogP contribution in [0.5, 0.6) is 0 Å². The first-order valence-corrected chi connectivity index (χ1v) is 8.23. The summed E-state index contributed by atoms with van der Waals surface area (Å²) in [5.74, 6) is 0.0459. The molecule has 0 bridgehead atoms. The smallest absolute Gasteiger partial charge is 0.255 e. The van der Waals surface area contributed by atoms with Gasteiger partial charge in [0.15, 0.2) is 5.65 Å². The minimum Gasteiger partial charge on any atom is -0.377 e. The summed E-state index contributed by atoms with van der Waals surface area (Å²) in [6.45, 7) is 7.96. The fraction of sp³-hybridized carbons (Fsp3) is 0.588. The first-order chi connectivity index (χ1) is 11.0. The Morgan fingerprint density at radius 1 is 1.39 bits per heavy atom. The van der Waals surface area contributed by atoms with Crippen molar-refractivity contribution in [1.82, 2.24) is 19.7 Å². The van der Waals surface area contributed by atoms with E-state index in [4.69, 9.17) is 4.74 Å².